The molecule has 1 aliphatic rings. The van der Waals surface area contributed by atoms with E-state index in [1.54, 1.807) is 13.0 Å². The Bertz CT molecular complexity index is 1110. The van der Waals surface area contributed by atoms with Gasteiger partial charge in [-0.25, -0.2) is 4.79 Å². The largest absolute Gasteiger partial charge is 0.481 e. The van der Waals surface area contributed by atoms with Crippen LogP contribution in [0.4, 0.5) is 5.69 Å². The van der Waals surface area contributed by atoms with Crippen LogP contribution in [0, 0.1) is 0 Å². The minimum absolute atomic E-state index is 0.159. The maximum absolute atomic E-state index is 11.8. The van der Waals surface area contributed by atoms with Gasteiger partial charge in [0.15, 0.2) is 12.3 Å². The molecule has 0 spiro atoms. The van der Waals surface area contributed by atoms with E-state index in [4.69, 9.17) is 18.9 Å². The number of unbranched alkanes of at least 4 members (excludes halogenated alkanes) is 1. The number of carbonyl (C=O) groups excluding carboxylic acids is 1. The summed E-state index contributed by atoms with van der Waals surface area (Å²) in [6, 6.07) is 15.2. The zero-order valence-electron chi connectivity index (χ0n) is 18.6. The Morgan fingerprint density at radius 1 is 1.06 bits per heavy atom. The summed E-state index contributed by atoms with van der Waals surface area (Å²) in [6.45, 7) is 4.42. The Kier molecular flexibility index (Phi) is 7.19. The molecule has 1 unspecified atom stereocenters. The number of ether oxygens (including phenoxy) is 4. The highest BCUT2D eigenvalue weighted by atomic mass is 16.6. The lowest BCUT2D eigenvalue weighted by atomic mass is 10.1. The summed E-state index contributed by atoms with van der Waals surface area (Å²) >= 11 is 0. The molecule has 9 nitrogen and oxygen atoms in total. The average Bonchev–Trinajstić information content (AvgIpc) is 3.00. The van der Waals surface area contributed by atoms with Gasteiger partial charge in [-0.15, -0.1) is 5.10 Å². The van der Waals surface area contributed by atoms with Crippen LogP contribution in [0.3, 0.4) is 0 Å². The smallest absolute Gasteiger partial charge is 0.344 e. The highest BCUT2D eigenvalue weighted by Gasteiger charge is 2.28. The van der Waals surface area contributed by atoms with E-state index in [0.29, 0.717) is 36.1 Å². The second-order valence-electron chi connectivity index (χ2n) is 7.27. The third-order valence-electron chi connectivity index (χ3n) is 4.91. The number of nitrogens with zero attached hydrogens (tertiary/aromatic N) is 3. The summed E-state index contributed by atoms with van der Waals surface area (Å²) in [5.74, 6) is 0.341. The van der Waals surface area contributed by atoms with Crippen LogP contribution in [0.2, 0.25) is 0 Å². The Morgan fingerprint density at radius 2 is 1.88 bits per heavy atom. The van der Waals surface area contributed by atoms with Crippen molar-refractivity contribution in [1.82, 2.24) is 15.2 Å². The molecule has 1 atom stereocenters. The van der Waals surface area contributed by atoms with Crippen LogP contribution >= 0.6 is 0 Å². The summed E-state index contributed by atoms with van der Waals surface area (Å²) in [4.78, 5) is 16.3. The number of carbonyl (C=O) groups is 1. The van der Waals surface area contributed by atoms with Crippen molar-refractivity contribution in [3.8, 4) is 28.9 Å². The van der Waals surface area contributed by atoms with Gasteiger partial charge in [-0.3, -0.25) is 0 Å². The minimum atomic E-state index is -0.661. The first kappa shape index (κ1) is 22.3. The van der Waals surface area contributed by atoms with Gasteiger partial charge in [0.05, 0.1) is 18.8 Å². The fraction of sp³-hybridized carbons (Fsp3) is 0.333. The molecule has 33 heavy (non-hydrogen) atoms. The fourth-order valence-corrected chi connectivity index (χ4v) is 3.32. The van der Waals surface area contributed by atoms with Gasteiger partial charge >= 0.3 is 12.0 Å². The number of esters is 1. The van der Waals surface area contributed by atoms with Gasteiger partial charge in [0.1, 0.15) is 5.75 Å². The van der Waals surface area contributed by atoms with Gasteiger partial charge < -0.3 is 24.3 Å². The van der Waals surface area contributed by atoms with Crippen LogP contribution in [0.5, 0.6) is 17.6 Å². The van der Waals surface area contributed by atoms with Gasteiger partial charge in [0.25, 0.3) is 0 Å². The lowest BCUT2D eigenvalue weighted by molar-refractivity contribution is -0.145. The van der Waals surface area contributed by atoms with E-state index < -0.39 is 12.2 Å². The van der Waals surface area contributed by atoms with Gasteiger partial charge in [-0.2, -0.15) is 4.98 Å². The molecule has 0 amide bonds. The van der Waals surface area contributed by atoms with Gasteiger partial charge in [0, 0.05) is 11.3 Å². The molecule has 172 valence electrons. The number of rotatable bonds is 9. The molecular weight excluding hydrogens is 424 g/mol. The molecular formula is C24H26N4O5. The Labute approximate surface area is 192 Å². The molecule has 1 aromatic heterocycles. The molecule has 4 rings (SSSR count). The van der Waals surface area contributed by atoms with Crippen LogP contribution in [-0.2, 0) is 9.53 Å². The summed E-state index contributed by atoms with van der Waals surface area (Å²) in [5.41, 5.74) is 2.81. The Hall–Kier alpha value is -3.88. The van der Waals surface area contributed by atoms with E-state index in [2.05, 4.69) is 27.4 Å². The molecule has 0 bridgehead atoms. The average molecular weight is 450 g/mol. The van der Waals surface area contributed by atoms with E-state index in [1.165, 1.54) is 0 Å². The maximum Gasteiger partial charge on any atom is 0.344 e. The second-order valence-corrected chi connectivity index (χ2v) is 7.27. The lowest BCUT2D eigenvalue weighted by Crippen LogP contribution is -2.20. The monoisotopic (exact) mass is 450 g/mol. The number of benzene rings is 2. The summed E-state index contributed by atoms with van der Waals surface area (Å²) in [7, 11) is 0. The third kappa shape index (κ3) is 5.31. The number of hydrogen-bond donors (Lipinski definition) is 1. The normalized spacial score (nSPS) is 14.1. The highest BCUT2D eigenvalue weighted by molar-refractivity contribution is 5.79. The number of nitrogens with one attached hydrogen (secondary N) is 1. The first-order valence-electron chi connectivity index (χ1n) is 11.0. The van der Waals surface area contributed by atoms with Crippen molar-refractivity contribution < 1.29 is 23.7 Å². The fourth-order valence-electron chi connectivity index (χ4n) is 3.32. The lowest BCUT2D eigenvalue weighted by Gasteiger charge is -2.21. The molecule has 0 radical (unpaired) electrons. The molecule has 1 aliphatic heterocycles. The van der Waals surface area contributed by atoms with E-state index >= 15 is 0 Å². The highest BCUT2D eigenvalue weighted by Crippen LogP contribution is 2.40. The van der Waals surface area contributed by atoms with E-state index in [0.717, 1.165) is 24.1 Å². The van der Waals surface area contributed by atoms with Crippen LogP contribution in [0.25, 0.3) is 11.3 Å². The molecule has 0 saturated carbocycles. The zero-order chi connectivity index (χ0) is 23.0. The van der Waals surface area contributed by atoms with Crippen molar-refractivity contribution in [1.29, 1.82) is 0 Å². The Balaban J connectivity index is 1.67. The number of aromatic nitrogens is 3. The maximum atomic E-state index is 11.8. The SMILES string of the molecule is CCCCOc1nnc2c(n1)OC(c1ccccc1OCC(=O)OCC)Nc1ccccc1-2. The molecule has 0 aliphatic carbocycles. The summed E-state index contributed by atoms with van der Waals surface area (Å²) < 4.78 is 22.6. The van der Waals surface area contributed by atoms with Crippen molar-refractivity contribution in [3.63, 3.8) is 0 Å². The van der Waals surface area contributed by atoms with Crippen LogP contribution in [0.1, 0.15) is 38.5 Å². The number of hydrogen-bond acceptors (Lipinski definition) is 9. The van der Waals surface area contributed by atoms with Crippen molar-refractivity contribution >= 4 is 11.7 Å². The van der Waals surface area contributed by atoms with Crippen LogP contribution < -0.4 is 19.5 Å². The molecule has 3 aromatic rings. The van der Waals surface area contributed by atoms with Gasteiger partial charge in [-0.1, -0.05) is 48.8 Å². The van der Waals surface area contributed by atoms with Crippen LogP contribution in [-0.4, -0.2) is 41.0 Å². The van der Waals surface area contributed by atoms with Crippen LogP contribution in [0.15, 0.2) is 48.5 Å². The Morgan fingerprint density at radius 3 is 2.73 bits per heavy atom. The number of anilines is 1. The van der Waals surface area contributed by atoms with Crippen molar-refractivity contribution in [2.45, 2.75) is 32.9 Å². The zero-order valence-corrected chi connectivity index (χ0v) is 18.6. The topological polar surface area (TPSA) is 105 Å². The summed E-state index contributed by atoms with van der Waals surface area (Å²) in [5, 5.41) is 11.8. The molecule has 0 fully saturated rings. The van der Waals surface area contributed by atoms with Crippen molar-refractivity contribution in [2.24, 2.45) is 0 Å². The molecule has 2 aromatic carbocycles. The first-order valence-corrected chi connectivity index (χ1v) is 11.0. The summed E-state index contributed by atoms with van der Waals surface area (Å²) in [6.07, 6.45) is 1.22. The minimum Gasteiger partial charge on any atom is -0.481 e. The molecule has 9 heteroatoms. The standard InChI is InChI=1S/C24H26N4O5/c1-3-5-14-31-24-26-23-21(27-28-24)16-10-6-8-12-18(16)25-22(33-23)17-11-7-9-13-19(17)32-15-20(29)30-4-2/h6-13,22,25H,3-5,14-15H2,1-2H3. The van der Waals surface area contributed by atoms with E-state index in [1.807, 2.05) is 42.5 Å². The third-order valence-corrected chi connectivity index (χ3v) is 4.91. The number of para-hydroxylation sites is 2. The predicted octanol–water partition coefficient (Wildman–Crippen LogP) is 4.16. The quantitative estimate of drug-likeness (QED) is 0.380. The second kappa shape index (κ2) is 10.6. The van der Waals surface area contributed by atoms with E-state index in [9.17, 15) is 4.79 Å². The molecule has 2 heterocycles. The van der Waals surface area contributed by atoms with Crippen molar-refractivity contribution in [3.05, 3.63) is 54.1 Å². The van der Waals surface area contributed by atoms with E-state index in [-0.39, 0.29) is 12.6 Å². The first-order chi connectivity index (χ1) is 16.2. The number of fused-ring (bicyclic) bond motifs is 3. The van der Waals surface area contributed by atoms with Gasteiger partial charge in [-0.05, 0) is 31.5 Å². The predicted molar refractivity (Wildman–Crippen MR) is 121 cm³/mol. The van der Waals surface area contributed by atoms with Crippen molar-refractivity contribution in [2.75, 3.05) is 25.1 Å². The van der Waals surface area contributed by atoms with Gasteiger partial charge in [0.2, 0.25) is 12.1 Å². The molecule has 1 N–H and O–H groups in total. The molecule has 0 saturated heterocycles.